The molecule has 4 nitrogen and oxygen atoms in total. The molecule has 0 aromatic heterocycles. The maximum absolute atomic E-state index is 14.0. The monoisotopic (exact) mass is 494 g/mol. The van der Waals surface area contributed by atoms with Crippen molar-refractivity contribution in [1.29, 1.82) is 0 Å². The van der Waals surface area contributed by atoms with Gasteiger partial charge in [0, 0.05) is 24.2 Å². The molecule has 1 aliphatic rings. The van der Waals surface area contributed by atoms with Crippen LogP contribution in [0.4, 0.5) is 0 Å². The average molecular weight is 495 g/mol. The summed E-state index contributed by atoms with van der Waals surface area (Å²) in [6.45, 7) is 7.92. The molecular formula is C33H34O4. The Hall–Kier alpha value is -3.79. The maximum atomic E-state index is 14.0. The van der Waals surface area contributed by atoms with Crippen LogP contribution in [0.5, 0.6) is 0 Å². The van der Waals surface area contributed by atoms with E-state index in [2.05, 4.69) is 0 Å². The zero-order chi connectivity index (χ0) is 26.5. The number of aryl methyl sites for hydroxylation is 3. The second-order valence-electron chi connectivity index (χ2n) is 10.0. The SMILES string of the molecule is CCOC(=O)[C@@H]1C(=O)C[C@@H](c2ccc(C)cc2)[C@@H](C(=O)/C=C/c2ccc(C)cc2)[C@H]1c1ccc(C)cc1. The van der Waals surface area contributed by atoms with Crippen molar-refractivity contribution in [2.75, 3.05) is 6.61 Å². The first kappa shape index (κ1) is 26.3. The molecule has 3 aromatic carbocycles. The Bertz CT molecular complexity index is 1280. The molecule has 4 rings (SSSR count). The highest BCUT2D eigenvalue weighted by Crippen LogP contribution is 2.49. The van der Waals surface area contributed by atoms with Crippen molar-refractivity contribution >= 4 is 23.6 Å². The highest BCUT2D eigenvalue weighted by molar-refractivity contribution is 6.05. The number of hydrogen-bond acceptors (Lipinski definition) is 4. The molecule has 4 heteroatoms. The Balaban J connectivity index is 1.84. The Labute approximate surface area is 219 Å². The molecule has 37 heavy (non-hydrogen) atoms. The molecule has 4 atom stereocenters. The number of carbonyl (C=O) groups excluding carboxylic acids is 3. The third-order valence-electron chi connectivity index (χ3n) is 7.30. The number of ketones is 2. The lowest BCUT2D eigenvalue weighted by Gasteiger charge is -2.40. The molecule has 0 N–H and O–H groups in total. The fraction of sp³-hybridized carbons (Fsp3) is 0.303. The number of hydrogen-bond donors (Lipinski definition) is 0. The normalized spacial score (nSPS) is 21.7. The number of esters is 1. The van der Waals surface area contributed by atoms with Gasteiger partial charge in [0.25, 0.3) is 0 Å². The van der Waals surface area contributed by atoms with Crippen LogP contribution >= 0.6 is 0 Å². The standard InChI is InChI=1S/C33H34O4/c1-5-37-33(36)32-29(35)20-27(25-15-8-22(3)9-16-25)31(30(32)26-17-10-23(4)11-18-26)28(34)19-14-24-12-6-21(2)7-13-24/h6-19,27,30-32H,5,20H2,1-4H3/b19-14+/t27-,30+,31-,32+/m0/s1. The predicted molar refractivity (Wildman–Crippen MR) is 146 cm³/mol. The van der Waals surface area contributed by atoms with E-state index in [-0.39, 0.29) is 30.5 Å². The van der Waals surface area contributed by atoms with E-state index in [0.29, 0.717) is 0 Å². The van der Waals surface area contributed by atoms with Gasteiger partial charge < -0.3 is 4.74 Å². The minimum absolute atomic E-state index is 0.0986. The van der Waals surface area contributed by atoms with Gasteiger partial charge in [0.05, 0.1) is 6.61 Å². The zero-order valence-corrected chi connectivity index (χ0v) is 21.9. The molecule has 190 valence electrons. The van der Waals surface area contributed by atoms with Crippen molar-refractivity contribution in [3.63, 3.8) is 0 Å². The summed E-state index contributed by atoms with van der Waals surface area (Å²) in [5, 5.41) is 0. The van der Waals surface area contributed by atoms with Crippen molar-refractivity contribution in [2.24, 2.45) is 11.8 Å². The summed E-state index contributed by atoms with van der Waals surface area (Å²) in [5.74, 6) is -3.42. The zero-order valence-electron chi connectivity index (χ0n) is 21.9. The largest absolute Gasteiger partial charge is 0.465 e. The smallest absolute Gasteiger partial charge is 0.317 e. The number of Topliss-reactive ketones (excluding diaryl/α,β-unsaturated/α-hetero) is 1. The lowest BCUT2D eigenvalue weighted by Crippen LogP contribution is -2.45. The van der Waals surface area contributed by atoms with Gasteiger partial charge in [0.2, 0.25) is 0 Å². The van der Waals surface area contributed by atoms with Crippen LogP contribution in [0.2, 0.25) is 0 Å². The first-order valence-corrected chi connectivity index (χ1v) is 12.9. The molecule has 0 saturated heterocycles. The number of rotatable bonds is 7. The Morgan fingerprint density at radius 3 is 1.86 bits per heavy atom. The van der Waals surface area contributed by atoms with E-state index >= 15 is 0 Å². The molecule has 1 fully saturated rings. The van der Waals surface area contributed by atoms with Gasteiger partial charge in [-0.1, -0.05) is 95.6 Å². The molecule has 3 aromatic rings. The molecule has 0 unspecified atom stereocenters. The summed E-state index contributed by atoms with van der Waals surface area (Å²) in [6, 6.07) is 23.7. The molecule has 1 saturated carbocycles. The molecule has 0 aliphatic heterocycles. The summed E-state index contributed by atoms with van der Waals surface area (Å²) >= 11 is 0. The minimum Gasteiger partial charge on any atom is -0.465 e. The fourth-order valence-electron chi connectivity index (χ4n) is 5.31. The molecule has 0 heterocycles. The van der Waals surface area contributed by atoms with Crippen LogP contribution in [0.15, 0.2) is 78.9 Å². The lowest BCUT2D eigenvalue weighted by atomic mass is 9.60. The lowest BCUT2D eigenvalue weighted by molar-refractivity contribution is -0.155. The van der Waals surface area contributed by atoms with Crippen LogP contribution in [-0.4, -0.2) is 24.1 Å². The number of ether oxygens (including phenoxy) is 1. The third-order valence-corrected chi connectivity index (χ3v) is 7.30. The Kier molecular flexibility index (Phi) is 8.17. The predicted octanol–water partition coefficient (Wildman–Crippen LogP) is 6.53. The summed E-state index contributed by atoms with van der Waals surface area (Å²) in [4.78, 5) is 40.7. The van der Waals surface area contributed by atoms with Crippen LogP contribution < -0.4 is 0 Å². The average Bonchev–Trinajstić information content (AvgIpc) is 2.88. The number of benzene rings is 3. The van der Waals surface area contributed by atoms with Crippen LogP contribution in [0, 0.1) is 32.6 Å². The first-order chi connectivity index (χ1) is 17.8. The highest BCUT2D eigenvalue weighted by Gasteiger charge is 2.51. The van der Waals surface area contributed by atoms with Gasteiger partial charge >= 0.3 is 5.97 Å². The molecule has 0 bridgehead atoms. The van der Waals surface area contributed by atoms with Crippen molar-refractivity contribution in [3.05, 3.63) is 112 Å². The topological polar surface area (TPSA) is 60.4 Å². The van der Waals surface area contributed by atoms with Gasteiger partial charge in [-0.15, -0.1) is 0 Å². The van der Waals surface area contributed by atoms with E-state index in [9.17, 15) is 14.4 Å². The van der Waals surface area contributed by atoms with Gasteiger partial charge in [0.1, 0.15) is 11.7 Å². The molecule has 0 amide bonds. The molecular weight excluding hydrogens is 460 g/mol. The minimum atomic E-state index is -1.02. The summed E-state index contributed by atoms with van der Waals surface area (Å²) in [5.41, 5.74) is 5.97. The Morgan fingerprint density at radius 1 is 0.811 bits per heavy atom. The van der Waals surface area contributed by atoms with E-state index in [1.807, 2.05) is 99.6 Å². The molecule has 0 radical (unpaired) electrons. The van der Waals surface area contributed by atoms with Gasteiger partial charge in [0.15, 0.2) is 5.78 Å². The summed E-state index contributed by atoms with van der Waals surface area (Å²) < 4.78 is 5.36. The van der Waals surface area contributed by atoms with E-state index in [0.717, 1.165) is 33.4 Å². The third kappa shape index (κ3) is 5.96. The quantitative estimate of drug-likeness (QED) is 0.213. The number of carbonyl (C=O) groups is 3. The van der Waals surface area contributed by atoms with E-state index in [1.165, 1.54) is 0 Å². The summed E-state index contributed by atoms with van der Waals surface area (Å²) in [7, 11) is 0. The highest BCUT2D eigenvalue weighted by atomic mass is 16.5. The fourth-order valence-corrected chi connectivity index (χ4v) is 5.31. The maximum Gasteiger partial charge on any atom is 0.317 e. The van der Waals surface area contributed by atoms with E-state index in [1.54, 1.807) is 13.0 Å². The Morgan fingerprint density at radius 2 is 1.32 bits per heavy atom. The van der Waals surface area contributed by atoms with Gasteiger partial charge in [-0.05, 0) is 50.5 Å². The second-order valence-corrected chi connectivity index (χ2v) is 10.0. The summed E-state index contributed by atoms with van der Waals surface area (Å²) in [6.07, 6.45) is 3.54. The van der Waals surface area contributed by atoms with Gasteiger partial charge in [-0.2, -0.15) is 0 Å². The second kappa shape index (κ2) is 11.5. The van der Waals surface area contributed by atoms with Crippen molar-refractivity contribution in [1.82, 2.24) is 0 Å². The van der Waals surface area contributed by atoms with Crippen molar-refractivity contribution < 1.29 is 19.1 Å². The van der Waals surface area contributed by atoms with E-state index in [4.69, 9.17) is 4.74 Å². The van der Waals surface area contributed by atoms with Crippen molar-refractivity contribution in [2.45, 2.75) is 46.0 Å². The van der Waals surface area contributed by atoms with Gasteiger partial charge in [-0.25, -0.2) is 0 Å². The van der Waals surface area contributed by atoms with Crippen LogP contribution in [0.3, 0.4) is 0 Å². The van der Waals surface area contributed by atoms with E-state index < -0.39 is 23.7 Å². The number of allylic oxidation sites excluding steroid dienone is 1. The molecule has 1 aliphatic carbocycles. The first-order valence-electron chi connectivity index (χ1n) is 12.9. The van der Waals surface area contributed by atoms with Gasteiger partial charge in [-0.3, -0.25) is 14.4 Å². The van der Waals surface area contributed by atoms with Crippen molar-refractivity contribution in [3.8, 4) is 0 Å². The van der Waals surface area contributed by atoms with Crippen LogP contribution in [-0.2, 0) is 19.1 Å². The molecule has 0 spiro atoms. The van der Waals surface area contributed by atoms with Crippen LogP contribution in [0.1, 0.15) is 58.6 Å². The van der Waals surface area contributed by atoms with Crippen LogP contribution in [0.25, 0.3) is 6.08 Å².